The van der Waals surface area contributed by atoms with E-state index in [-0.39, 0.29) is 0 Å². The van der Waals surface area contributed by atoms with Gasteiger partial charge in [-0.05, 0) is 30.9 Å². The largest absolute Gasteiger partial charge is 0.480 e. The highest BCUT2D eigenvalue weighted by molar-refractivity contribution is 5.59. The van der Waals surface area contributed by atoms with Gasteiger partial charge in [-0.3, -0.25) is 0 Å². The van der Waals surface area contributed by atoms with Crippen molar-refractivity contribution < 1.29 is 4.74 Å². The summed E-state index contributed by atoms with van der Waals surface area (Å²) in [6, 6.07) is 8.25. The number of benzene rings is 1. The van der Waals surface area contributed by atoms with Gasteiger partial charge in [-0.15, -0.1) is 0 Å². The van der Waals surface area contributed by atoms with E-state index >= 15 is 0 Å². The van der Waals surface area contributed by atoms with Gasteiger partial charge in [-0.25, -0.2) is 4.99 Å². The van der Waals surface area contributed by atoms with Gasteiger partial charge in [0.1, 0.15) is 0 Å². The van der Waals surface area contributed by atoms with Gasteiger partial charge in [-0.1, -0.05) is 25.1 Å². The van der Waals surface area contributed by atoms with E-state index in [1.54, 1.807) is 6.40 Å². The van der Waals surface area contributed by atoms with E-state index in [1.165, 1.54) is 5.56 Å². The zero-order chi connectivity index (χ0) is 9.80. The van der Waals surface area contributed by atoms with Gasteiger partial charge >= 0.3 is 0 Å². The average Bonchev–Trinajstić information content (AvgIpc) is 2.19. The lowest BCUT2D eigenvalue weighted by Gasteiger charge is -2.17. The fourth-order valence-corrected chi connectivity index (χ4v) is 1.71. The number of fused-ring (bicyclic) bond motifs is 1. The second kappa shape index (κ2) is 4.27. The molecule has 14 heavy (non-hydrogen) atoms. The smallest absolute Gasteiger partial charge is 0.174 e. The standard InChI is InChI=1S/C12H15NO/c1-2-11-8-7-10-5-3-4-6-12(10)13-9-14-11/h3-6,9,11H,2,7-8H2,1H3. The number of hydrogen-bond donors (Lipinski definition) is 0. The number of rotatable bonds is 1. The van der Waals surface area contributed by atoms with Crippen LogP contribution in [0.1, 0.15) is 25.3 Å². The molecule has 1 aromatic carbocycles. The van der Waals surface area contributed by atoms with E-state index in [0.29, 0.717) is 6.10 Å². The Kier molecular flexibility index (Phi) is 2.82. The van der Waals surface area contributed by atoms with Crippen molar-refractivity contribution in [2.75, 3.05) is 0 Å². The van der Waals surface area contributed by atoms with Crippen LogP contribution in [-0.2, 0) is 11.2 Å². The van der Waals surface area contributed by atoms with Crippen molar-refractivity contribution in [2.24, 2.45) is 4.99 Å². The average molecular weight is 189 g/mol. The minimum absolute atomic E-state index is 0.326. The van der Waals surface area contributed by atoms with Crippen molar-refractivity contribution in [3.63, 3.8) is 0 Å². The number of aliphatic imine (C=N–C) groups is 1. The van der Waals surface area contributed by atoms with E-state index < -0.39 is 0 Å². The maximum atomic E-state index is 5.50. The van der Waals surface area contributed by atoms with E-state index in [1.807, 2.05) is 12.1 Å². The molecule has 0 spiro atoms. The van der Waals surface area contributed by atoms with Gasteiger partial charge in [0.05, 0.1) is 11.8 Å². The summed E-state index contributed by atoms with van der Waals surface area (Å²) < 4.78 is 5.50. The van der Waals surface area contributed by atoms with Crippen LogP contribution >= 0.6 is 0 Å². The van der Waals surface area contributed by atoms with Crippen molar-refractivity contribution in [1.82, 2.24) is 0 Å². The predicted molar refractivity (Wildman–Crippen MR) is 58.1 cm³/mol. The lowest BCUT2D eigenvalue weighted by Crippen LogP contribution is -2.13. The third kappa shape index (κ3) is 1.95. The highest BCUT2D eigenvalue weighted by Gasteiger charge is 2.10. The molecule has 0 saturated heterocycles. The molecule has 1 heterocycles. The van der Waals surface area contributed by atoms with Crippen LogP contribution in [0.4, 0.5) is 5.69 Å². The van der Waals surface area contributed by atoms with Gasteiger partial charge in [0.15, 0.2) is 6.40 Å². The minimum atomic E-state index is 0.326. The minimum Gasteiger partial charge on any atom is -0.480 e. The highest BCUT2D eigenvalue weighted by Crippen LogP contribution is 2.23. The van der Waals surface area contributed by atoms with E-state index in [2.05, 4.69) is 24.0 Å². The number of para-hydroxylation sites is 1. The summed E-state index contributed by atoms with van der Waals surface area (Å²) in [5.74, 6) is 0. The summed E-state index contributed by atoms with van der Waals surface area (Å²) in [6.07, 6.45) is 5.11. The van der Waals surface area contributed by atoms with Crippen LogP contribution in [0.25, 0.3) is 0 Å². The Hall–Kier alpha value is -1.31. The van der Waals surface area contributed by atoms with Crippen molar-refractivity contribution >= 4 is 12.1 Å². The first-order chi connectivity index (χ1) is 6.90. The second-order valence-corrected chi connectivity index (χ2v) is 3.57. The summed E-state index contributed by atoms with van der Waals surface area (Å²) in [5, 5.41) is 0. The van der Waals surface area contributed by atoms with E-state index in [9.17, 15) is 0 Å². The normalized spacial score (nSPS) is 20.5. The highest BCUT2D eigenvalue weighted by atomic mass is 16.5. The summed E-state index contributed by atoms with van der Waals surface area (Å²) in [7, 11) is 0. The molecule has 0 aromatic heterocycles. The van der Waals surface area contributed by atoms with Gasteiger partial charge in [-0.2, -0.15) is 0 Å². The number of nitrogens with zero attached hydrogens (tertiary/aromatic N) is 1. The molecule has 74 valence electrons. The van der Waals surface area contributed by atoms with Gasteiger partial charge in [0, 0.05) is 0 Å². The summed E-state index contributed by atoms with van der Waals surface area (Å²) in [6.45, 7) is 2.14. The first-order valence-corrected chi connectivity index (χ1v) is 5.16. The number of ether oxygens (including phenoxy) is 1. The van der Waals surface area contributed by atoms with Crippen LogP contribution < -0.4 is 0 Å². The maximum Gasteiger partial charge on any atom is 0.174 e. The summed E-state index contributed by atoms with van der Waals surface area (Å²) in [5.41, 5.74) is 2.37. The van der Waals surface area contributed by atoms with Crippen LogP contribution in [0.5, 0.6) is 0 Å². The van der Waals surface area contributed by atoms with E-state index in [0.717, 1.165) is 24.9 Å². The molecule has 1 aliphatic rings. The summed E-state index contributed by atoms with van der Waals surface area (Å²) >= 11 is 0. The van der Waals surface area contributed by atoms with Gasteiger partial charge < -0.3 is 4.74 Å². The van der Waals surface area contributed by atoms with Crippen molar-refractivity contribution in [2.45, 2.75) is 32.3 Å². The fourth-order valence-electron chi connectivity index (χ4n) is 1.71. The Morgan fingerprint density at radius 1 is 1.43 bits per heavy atom. The molecule has 0 fully saturated rings. The molecule has 0 amide bonds. The number of hydrogen-bond acceptors (Lipinski definition) is 2. The molecule has 1 aliphatic heterocycles. The summed E-state index contributed by atoms with van der Waals surface area (Å²) in [4.78, 5) is 4.30. The quantitative estimate of drug-likeness (QED) is 0.665. The molecule has 0 aliphatic carbocycles. The van der Waals surface area contributed by atoms with Crippen LogP contribution in [0.15, 0.2) is 29.3 Å². The van der Waals surface area contributed by atoms with Crippen molar-refractivity contribution in [1.29, 1.82) is 0 Å². The Morgan fingerprint density at radius 3 is 3.14 bits per heavy atom. The van der Waals surface area contributed by atoms with Gasteiger partial charge in [0.2, 0.25) is 0 Å². The molecule has 2 heteroatoms. The molecule has 0 saturated carbocycles. The SMILES string of the molecule is CCC1CCc2ccccc2N=CO1. The lowest BCUT2D eigenvalue weighted by atomic mass is 10.0. The molecule has 0 N–H and O–H groups in total. The molecule has 2 rings (SSSR count). The van der Waals surface area contributed by atoms with Crippen LogP contribution in [0.2, 0.25) is 0 Å². The third-order valence-electron chi connectivity index (χ3n) is 2.63. The Bertz CT molecular complexity index is 333. The Balaban J connectivity index is 2.22. The number of aryl methyl sites for hydroxylation is 1. The van der Waals surface area contributed by atoms with Crippen LogP contribution in [0.3, 0.4) is 0 Å². The molecule has 1 atom stereocenters. The molecule has 0 bridgehead atoms. The third-order valence-corrected chi connectivity index (χ3v) is 2.63. The Morgan fingerprint density at radius 2 is 2.29 bits per heavy atom. The van der Waals surface area contributed by atoms with Crippen LogP contribution in [0, 0.1) is 0 Å². The molecular weight excluding hydrogens is 174 g/mol. The molecule has 2 nitrogen and oxygen atoms in total. The fraction of sp³-hybridized carbons (Fsp3) is 0.417. The van der Waals surface area contributed by atoms with Crippen molar-refractivity contribution in [3.8, 4) is 0 Å². The zero-order valence-corrected chi connectivity index (χ0v) is 8.44. The molecular formula is C12H15NO. The topological polar surface area (TPSA) is 21.6 Å². The second-order valence-electron chi connectivity index (χ2n) is 3.57. The monoisotopic (exact) mass is 189 g/mol. The van der Waals surface area contributed by atoms with Gasteiger partial charge in [0.25, 0.3) is 0 Å². The first kappa shape index (κ1) is 9.25. The first-order valence-electron chi connectivity index (χ1n) is 5.16. The van der Waals surface area contributed by atoms with Crippen molar-refractivity contribution in [3.05, 3.63) is 29.8 Å². The van der Waals surface area contributed by atoms with E-state index in [4.69, 9.17) is 4.74 Å². The van der Waals surface area contributed by atoms with Crippen LogP contribution in [-0.4, -0.2) is 12.5 Å². The molecule has 1 unspecified atom stereocenters. The predicted octanol–water partition coefficient (Wildman–Crippen LogP) is 3.09. The Labute approximate surface area is 84.6 Å². The lowest BCUT2D eigenvalue weighted by molar-refractivity contribution is 0.183. The maximum absolute atomic E-state index is 5.50. The molecule has 0 radical (unpaired) electrons. The molecule has 1 aromatic rings. The zero-order valence-electron chi connectivity index (χ0n) is 8.44.